The predicted octanol–water partition coefficient (Wildman–Crippen LogP) is 1.31. The molecule has 0 amide bonds. The third kappa shape index (κ3) is 2.03. The number of hydrogen-bond donors (Lipinski definition) is 1. The molecule has 94 valence electrons. The van der Waals surface area contributed by atoms with Gasteiger partial charge in [0.25, 0.3) is 0 Å². The fourth-order valence-corrected chi connectivity index (χ4v) is 2.53. The minimum absolute atomic E-state index is 0.855. The highest BCUT2D eigenvalue weighted by Crippen LogP contribution is 2.30. The SMILES string of the molecule is Nc1cccc2c1CCCN2CCn1cncn1. The Morgan fingerprint density at radius 1 is 1.28 bits per heavy atom. The lowest BCUT2D eigenvalue weighted by molar-refractivity contribution is 0.578. The van der Waals surface area contributed by atoms with Crippen molar-refractivity contribution in [3.63, 3.8) is 0 Å². The summed E-state index contributed by atoms with van der Waals surface area (Å²) in [6, 6.07) is 6.17. The molecule has 2 aromatic rings. The molecule has 1 aliphatic rings. The van der Waals surface area contributed by atoms with Crippen molar-refractivity contribution in [2.75, 3.05) is 23.7 Å². The first-order valence-corrected chi connectivity index (χ1v) is 6.29. The predicted molar refractivity (Wildman–Crippen MR) is 71.4 cm³/mol. The number of aromatic nitrogens is 3. The number of nitrogen functional groups attached to an aromatic ring is 1. The second kappa shape index (κ2) is 4.68. The highest BCUT2D eigenvalue weighted by molar-refractivity contribution is 5.66. The summed E-state index contributed by atoms with van der Waals surface area (Å²) in [5.74, 6) is 0. The van der Waals surface area contributed by atoms with E-state index in [1.807, 2.05) is 16.8 Å². The average Bonchev–Trinajstić information content (AvgIpc) is 2.90. The summed E-state index contributed by atoms with van der Waals surface area (Å²) in [6.45, 7) is 2.89. The van der Waals surface area contributed by atoms with Gasteiger partial charge >= 0.3 is 0 Å². The zero-order valence-corrected chi connectivity index (χ0v) is 10.3. The standard InChI is InChI=1S/C13H17N5/c14-12-4-1-5-13-11(12)3-2-6-17(13)7-8-18-10-15-9-16-18/h1,4-5,9-10H,2-3,6-8,14H2. The Morgan fingerprint density at radius 3 is 3.06 bits per heavy atom. The van der Waals surface area contributed by atoms with Crippen molar-refractivity contribution < 1.29 is 0 Å². The quantitative estimate of drug-likeness (QED) is 0.826. The van der Waals surface area contributed by atoms with E-state index in [4.69, 9.17) is 5.73 Å². The van der Waals surface area contributed by atoms with Crippen molar-refractivity contribution in [3.8, 4) is 0 Å². The fourth-order valence-electron chi connectivity index (χ4n) is 2.53. The Hall–Kier alpha value is -2.04. The van der Waals surface area contributed by atoms with E-state index in [0.29, 0.717) is 0 Å². The maximum atomic E-state index is 6.04. The van der Waals surface area contributed by atoms with Crippen molar-refractivity contribution >= 4 is 11.4 Å². The normalized spacial score (nSPS) is 14.6. The molecule has 1 aromatic heterocycles. The van der Waals surface area contributed by atoms with E-state index in [9.17, 15) is 0 Å². The van der Waals surface area contributed by atoms with Crippen LogP contribution in [0.1, 0.15) is 12.0 Å². The van der Waals surface area contributed by atoms with Gasteiger partial charge in [0.2, 0.25) is 0 Å². The van der Waals surface area contributed by atoms with Crippen LogP contribution in [-0.2, 0) is 13.0 Å². The summed E-state index contributed by atoms with van der Waals surface area (Å²) in [5.41, 5.74) is 9.53. The van der Waals surface area contributed by atoms with Gasteiger partial charge in [0.05, 0.1) is 6.54 Å². The van der Waals surface area contributed by atoms with Crippen LogP contribution in [0, 0.1) is 0 Å². The van der Waals surface area contributed by atoms with Gasteiger partial charge in [-0.3, -0.25) is 4.68 Å². The van der Waals surface area contributed by atoms with Gasteiger partial charge in [-0.15, -0.1) is 0 Å². The zero-order valence-electron chi connectivity index (χ0n) is 10.3. The smallest absolute Gasteiger partial charge is 0.137 e. The van der Waals surface area contributed by atoms with Gasteiger partial charge in [-0.25, -0.2) is 4.98 Å². The van der Waals surface area contributed by atoms with Crippen LogP contribution in [0.4, 0.5) is 11.4 Å². The van der Waals surface area contributed by atoms with E-state index in [-0.39, 0.29) is 0 Å². The summed E-state index contributed by atoms with van der Waals surface area (Å²) in [5, 5.41) is 4.13. The molecule has 0 spiro atoms. The molecular weight excluding hydrogens is 226 g/mol. The molecule has 0 saturated carbocycles. The fraction of sp³-hybridized carbons (Fsp3) is 0.385. The third-order valence-electron chi connectivity index (χ3n) is 3.45. The molecule has 0 bridgehead atoms. The van der Waals surface area contributed by atoms with Crippen LogP contribution in [0.25, 0.3) is 0 Å². The first-order valence-electron chi connectivity index (χ1n) is 6.29. The first kappa shape index (κ1) is 11.1. The molecular formula is C13H17N5. The second-order valence-electron chi connectivity index (χ2n) is 4.59. The van der Waals surface area contributed by atoms with E-state index in [1.165, 1.54) is 17.7 Å². The molecule has 5 heteroatoms. The van der Waals surface area contributed by atoms with E-state index < -0.39 is 0 Å². The molecule has 0 saturated heterocycles. The minimum atomic E-state index is 0.855. The van der Waals surface area contributed by atoms with Crippen LogP contribution in [0.2, 0.25) is 0 Å². The van der Waals surface area contributed by atoms with Crippen molar-refractivity contribution in [2.45, 2.75) is 19.4 Å². The van der Waals surface area contributed by atoms with E-state index in [1.54, 1.807) is 12.7 Å². The summed E-state index contributed by atoms with van der Waals surface area (Å²) in [4.78, 5) is 6.34. The van der Waals surface area contributed by atoms with Gasteiger partial charge in [-0.05, 0) is 30.5 Å². The number of nitrogens with zero attached hydrogens (tertiary/aromatic N) is 4. The van der Waals surface area contributed by atoms with Crippen molar-refractivity contribution in [2.24, 2.45) is 0 Å². The van der Waals surface area contributed by atoms with Gasteiger partial charge in [0.1, 0.15) is 12.7 Å². The number of benzene rings is 1. The molecule has 0 unspecified atom stereocenters. The number of hydrogen-bond acceptors (Lipinski definition) is 4. The summed E-state index contributed by atoms with van der Waals surface area (Å²) in [7, 11) is 0. The third-order valence-corrected chi connectivity index (χ3v) is 3.45. The molecule has 2 heterocycles. The first-order chi connectivity index (χ1) is 8.84. The number of fused-ring (bicyclic) bond motifs is 1. The average molecular weight is 243 g/mol. The second-order valence-corrected chi connectivity index (χ2v) is 4.59. The molecule has 2 N–H and O–H groups in total. The lowest BCUT2D eigenvalue weighted by Crippen LogP contribution is -2.32. The molecule has 1 aliphatic heterocycles. The highest BCUT2D eigenvalue weighted by atomic mass is 15.3. The van der Waals surface area contributed by atoms with Gasteiger partial charge in [-0.2, -0.15) is 5.10 Å². The minimum Gasteiger partial charge on any atom is -0.398 e. The van der Waals surface area contributed by atoms with Crippen LogP contribution < -0.4 is 10.6 Å². The van der Waals surface area contributed by atoms with Crippen molar-refractivity contribution in [3.05, 3.63) is 36.4 Å². The van der Waals surface area contributed by atoms with E-state index in [0.717, 1.165) is 31.7 Å². The van der Waals surface area contributed by atoms with Gasteiger partial charge in [0, 0.05) is 24.5 Å². The van der Waals surface area contributed by atoms with Crippen molar-refractivity contribution in [1.82, 2.24) is 14.8 Å². The van der Waals surface area contributed by atoms with E-state index in [2.05, 4.69) is 21.0 Å². The highest BCUT2D eigenvalue weighted by Gasteiger charge is 2.18. The van der Waals surface area contributed by atoms with Crippen molar-refractivity contribution in [1.29, 1.82) is 0 Å². The molecule has 0 radical (unpaired) electrons. The Bertz CT molecular complexity index is 520. The monoisotopic (exact) mass is 243 g/mol. The summed E-state index contributed by atoms with van der Waals surface area (Å²) >= 11 is 0. The molecule has 1 aromatic carbocycles. The Balaban J connectivity index is 1.77. The van der Waals surface area contributed by atoms with Gasteiger partial charge in [0.15, 0.2) is 0 Å². The van der Waals surface area contributed by atoms with Crippen LogP contribution in [0.3, 0.4) is 0 Å². The summed E-state index contributed by atoms with van der Waals surface area (Å²) in [6.07, 6.45) is 5.58. The molecule has 0 aliphatic carbocycles. The molecule has 3 rings (SSSR count). The van der Waals surface area contributed by atoms with Crippen LogP contribution in [0.15, 0.2) is 30.9 Å². The number of nitrogens with two attached hydrogens (primary N) is 1. The Morgan fingerprint density at radius 2 is 2.22 bits per heavy atom. The van der Waals surface area contributed by atoms with E-state index >= 15 is 0 Å². The zero-order chi connectivity index (χ0) is 12.4. The topological polar surface area (TPSA) is 60.0 Å². The van der Waals surface area contributed by atoms with Gasteiger partial charge < -0.3 is 10.6 Å². The Kier molecular flexibility index (Phi) is 2.88. The molecule has 0 atom stereocenters. The maximum Gasteiger partial charge on any atom is 0.137 e. The lowest BCUT2D eigenvalue weighted by Gasteiger charge is -2.31. The molecule has 18 heavy (non-hydrogen) atoms. The molecule has 0 fully saturated rings. The molecule has 5 nitrogen and oxygen atoms in total. The largest absolute Gasteiger partial charge is 0.398 e. The van der Waals surface area contributed by atoms with Crippen LogP contribution in [-0.4, -0.2) is 27.9 Å². The van der Waals surface area contributed by atoms with Gasteiger partial charge in [-0.1, -0.05) is 6.07 Å². The number of anilines is 2. The Labute approximate surface area is 106 Å². The van der Waals surface area contributed by atoms with Crippen LogP contribution >= 0.6 is 0 Å². The summed E-state index contributed by atoms with van der Waals surface area (Å²) < 4.78 is 1.86. The lowest BCUT2D eigenvalue weighted by atomic mass is 10.00. The maximum absolute atomic E-state index is 6.04. The van der Waals surface area contributed by atoms with Crippen LogP contribution in [0.5, 0.6) is 0 Å². The number of rotatable bonds is 3.